The van der Waals surface area contributed by atoms with Gasteiger partial charge in [0.15, 0.2) is 0 Å². The van der Waals surface area contributed by atoms with Crippen LogP contribution in [-0.2, 0) is 20.9 Å². The average Bonchev–Trinajstić information content (AvgIpc) is 3.03. The third kappa shape index (κ3) is 5.50. The van der Waals surface area contributed by atoms with Gasteiger partial charge in [-0.3, -0.25) is 14.5 Å². The molecule has 1 aromatic heterocycles. The Hall–Kier alpha value is -1.86. The summed E-state index contributed by atoms with van der Waals surface area (Å²) in [6.07, 6.45) is 1.56. The quantitative estimate of drug-likeness (QED) is 0.772. The van der Waals surface area contributed by atoms with Crippen molar-refractivity contribution >= 4 is 11.8 Å². The molecular weight excluding hydrogens is 286 g/mol. The van der Waals surface area contributed by atoms with E-state index in [4.69, 9.17) is 9.15 Å². The monoisotopic (exact) mass is 309 g/mol. The molecule has 0 aromatic carbocycles. The average molecular weight is 309 g/mol. The normalized spacial score (nSPS) is 15.5. The minimum atomic E-state index is -0.187. The fourth-order valence-electron chi connectivity index (χ4n) is 2.26. The van der Waals surface area contributed by atoms with Gasteiger partial charge in [-0.25, -0.2) is 0 Å². The van der Waals surface area contributed by atoms with E-state index in [0.29, 0.717) is 18.8 Å². The largest absolute Gasteiger partial charge is 0.467 e. The van der Waals surface area contributed by atoms with Crippen LogP contribution in [0.4, 0.5) is 0 Å². The first kappa shape index (κ1) is 16.5. The molecule has 2 heterocycles. The molecule has 0 radical (unpaired) electrons. The lowest BCUT2D eigenvalue weighted by molar-refractivity contribution is -0.134. The second-order valence-electron chi connectivity index (χ2n) is 5.25. The van der Waals surface area contributed by atoms with Crippen LogP contribution in [0.15, 0.2) is 22.8 Å². The maximum absolute atomic E-state index is 11.9. The van der Waals surface area contributed by atoms with Gasteiger partial charge in [-0.15, -0.1) is 0 Å². The number of carbonyl (C=O) groups excluding carboxylic acids is 2. The van der Waals surface area contributed by atoms with E-state index >= 15 is 0 Å². The maximum Gasteiger partial charge on any atom is 0.240 e. The van der Waals surface area contributed by atoms with E-state index in [2.05, 4.69) is 10.2 Å². The molecule has 22 heavy (non-hydrogen) atoms. The number of morpholine rings is 1. The first-order valence-electron chi connectivity index (χ1n) is 7.50. The van der Waals surface area contributed by atoms with Crippen LogP contribution in [0.2, 0.25) is 0 Å². The van der Waals surface area contributed by atoms with E-state index in [9.17, 15) is 9.59 Å². The highest BCUT2D eigenvalue weighted by atomic mass is 16.5. The molecule has 7 heteroatoms. The number of furan rings is 1. The van der Waals surface area contributed by atoms with Crippen LogP contribution in [0.5, 0.6) is 0 Å². The molecule has 0 spiro atoms. The van der Waals surface area contributed by atoms with E-state index in [-0.39, 0.29) is 18.4 Å². The minimum absolute atomic E-state index is 0.0698. The molecule has 122 valence electrons. The van der Waals surface area contributed by atoms with E-state index in [1.807, 2.05) is 0 Å². The van der Waals surface area contributed by atoms with Crippen molar-refractivity contribution in [3.8, 4) is 0 Å². The molecule has 2 amide bonds. The molecular formula is C15H23N3O4. The van der Waals surface area contributed by atoms with Gasteiger partial charge < -0.3 is 19.4 Å². The Morgan fingerprint density at radius 2 is 2.14 bits per heavy atom. The van der Waals surface area contributed by atoms with Crippen LogP contribution in [0.3, 0.4) is 0 Å². The number of ether oxygens (including phenoxy) is 1. The molecule has 1 aliphatic rings. The molecule has 0 unspecified atom stereocenters. The fraction of sp³-hybridized carbons (Fsp3) is 0.600. The lowest BCUT2D eigenvalue weighted by Gasteiger charge is -2.29. The third-order valence-corrected chi connectivity index (χ3v) is 3.61. The summed E-state index contributed by atoms with van der Waals surface area (Å²) in [6.45, 7) is 6.39. The highest BCUT2D eigenvalue weighted by Crippen LogP contribution is 2.00. The van der Waals surface area contributed by atoms with Crippen LogP contribution in [0.1, 0.15) is 12.7 Å². The van der Waals surface area contributed by atoms with Crippen molar-refractivity contribution in [3.63, 3.8) is 0 Å². The van der Waals surface area contributed by atoms with Crippen LogP contribution in [-0.4, -0.2) is 67.6 Å². The number of nitrogens with one attached hydrogen (secondary N) is 1. The van der Waals surface area contributed by atoms with Gasteiger partial charge in [0, 0.05) is 33.1 Å². The summed E-state index contributed by atoms with van der Waals surface area (Å²) >= 11 is 0. The van der Waals surface area contributed by atoms with Gasteiger partial charge >= 0.3 is 0 Å². The Labute approximate surface area is 130 Å². The lowest BCUT2D eigenvalue weighted by atomic mass is 10.3. The SMILES string of the molecule is CC(=O)N(CCN1CCOCC1)CC(=O)NCc1ccco1. The van der Waals surface area contributed by atoms with Crippen molar-refractivity contribution in [2.24, 2.45) is 0 Å². The predicted molar refractivity (Wildman–Crippen MR) is 80.1 cm³/mol. The van der Waals surface area contributed by atoms with Crippen LogP contribution < -0.4 is 5.32 Å². The zero-order chi connectivity index (χ0) is 15.8. The molecule has 1 saturated heterocycles. The molecule has 2 rings (SSSR count). The second-order valence-corrected chi connectivity index (χ2v) is 5.25. The Bertz CT molecular complexity index is 469. The molecule has 1 fully saturated rings. The molecule has 0 atom stereocenters. The van der Waals surface area contributed by atoms with Crippen molar-refractivity contribution in [2.75, 3.05) is 45.9 Å². The highest BCUT2D eigenvalue weighted by Gasteiger charge is 2.16. The Morgan fingerprint density at radius 1 is 1.36 bits per heavy atom. The topological polar surface area (TPSA) is 75.0 Å². The minimum Gasteiger partial charge on any atom is -0.467 e. The van der Waals surface area contributed by atoms with E-state index in [1.54, 1.807) is 23.3 Å². The van der Waals surface area contributed by atoms with Crippen molar-refractivity contribution < 1.29 is 18.7 Å². The zero-order valence-electron chi connectivity index (χ0n) is 12.9. The summed E-state index contributed by atoms with van der Waals surface area (Å²) in [5.74, 6) is 0.408. The summed E-state index contributed by atoms with van der Waals surface area (Å²) in [7, 11) is 0. The fourth-order valence-corrected chi connectivity index (χ4v) is 2.26. The van der Waals surface area contributed by atoms with Crippen LogP contribution in [0.25, 0.3) is 0 Å². The van der Waals surface area contributed by atoms with E-state index in [1.165, 1.54) is 6.92 Å². The molecule has 1 aliphatic heterocycles. The number of hydrogen-bond acceptors (Lipinski definition) is 5. The number of rotatable bonds is 7. The number of hydrogen-bond donors (Lipinski definition) is 1. The number of amides is 2. The summed E-state index contributed by atoms with van der Waals surface area (Å²) < 4.78 is 10.4. The van der Waals surface area contributed by atoms with Gasteiger partial charge in [-0.2, -0.15) is 0 Å². The van der Waals surface area contributed by atoms with E-state index in [0.717, 1.165) is 32.8 Å². The van der Waals surface area contributed by atoms with Crippen molar-refractivity contribution in [1.82, 2.24) is 15.1 Å². The second kappa shape index (κ2) is 8.55. The number of nitrogens with zero attached hydrogens (tertiary/aromatic N) is 2. The first-order chi connectivity index (χ1) is 10.6. The lowest BCUT2D eigenvalue weighted by Crippen LogP contribution is -2.45. The van der Waals surface area contributed by atoms with Gasteiger partial charge in [0.25, 0.3) is 0 Å². The highest BCUT2D eigenvalue weighted by molar-refractivity contribution is 5.83. The van der Waals surface area contributed by atoms with Crippen LogP contribution in [0, 0.1) is 0 Å². The van der Waals surface area contributed by atoms with E-state index < -0.39 is 0 Å². The van der Waals surface area contributed by atoms with Gasteiger partial charge in [0.05, 0.1) is 32.6 Å². The molecule has 1 aromatic rings. The predicted octanol–water partition coefficient (Wildman–Crippen LogP) is 0.0765. The molecule has 1 N–H and O–H groups in total. The Morgan fingerprint density at radius 3 is 2.77 bits per heavy atom. The van der Waals surface area contributed by atoms with Crippen LogP contribution >= 0.6 is 0 Å². The van der Waals surface area contributed by atoms with Crippen molar-refractivity contribution in [2.45, 2.75) is 13.5 Å². The van der Waals surface area contributed by atoms with Gasteiger partial charge in [-0.1, -0.05) is 0 Å². The number of carbonyl (C=O) groups is 2. The maximum atomic E-state index is 11.9. The summed E-state index contributed by atoms with van der Waals surface area (Å²) in [4.78, 5) is 27.4. The third-order valence-electron chi connectivity index (χ3n) is 3.61. The van der Waals surface area contributed by atoms with Crippen molar-refractivity contribution in [1.29, 1.82) is 0 Å². The summed E-state index contributed by atoms with van der Waals surface area (Å²) in [6, 6.07) is 3.56. The first-order valence-corrected chi connectivity index (χ1v) is 7.50. The molecule has 0 saturated carbocycles. The standard InChI is InChI=1S/C15H23N3O4/c1-13(19)18(5-4-17-6-9-21-10-7-17)12-15(20)16-11-14-3-2-8-22-14/h2-3,8H,4-7,9-12H2,1H3,(H,16,20). The summed E-state index contributed by atoms with van der Waals surface area (Å²) in [5, 5.41) is 2.75. The van der Waals surface area contributed by atoms with Gasteiger partial charge in [0.1, 0.15) is 5.76 Å². The van der Waals surface area contributed by atoms with Gasteiger partial charge in [-0.05, 0) is 12.1 Å². The van der Waals surface area contributed by atoms with Crippen molar-refractivity contribution in [3.05, 3.63) is 24.2 Å². The molecule has 7 nitrogen and oxygen atoms in total. The molecule has 0 aliphatic carbocycles. The molecule has 0 bridgehead atoms. The van der Waals surface area contributed by atoms with Gasteiger partial charge in [0.2, 0.25) is 11.8 Å². The Kier molecular flexibility index (Phi) is 6.42. The summed E-state index contributed by atoms with van der Waals surface area (Å²) in [5.41, 5.74) is 0. The zero-order valence-corrected chi connectivity index (χ0v) is 12.9. The Balaban J connectivity index is 1.72. The smallest absolute Gasteiger partial charge is 0.240 e.